The highest BCUT2D eigenvalue weighted by molar-refractivity contribution is 5.85. The Kier molecular flexibility index (Phi) is 4.97. The molecule has 1 aliphatic heterocycles. The van der Waals surface area contributed by atoms with Crippen LogP contribution in [0.3, 0.4) is 0 Å². The zero-order valence-electron chi connectivity index (χ0n) is 16.5. The molecule has 0 saturated carbocycles. The summed E-state index contributed by atoms with van der Waals surface area (Å²) >= 11 is 0. The summed E-state index contributed by atoms with van der Waals surface area (Å²) in [6.07, 6.45) is 6.83. The molecule has 0 spiro atoms. The van der Waals surface area contributed by atoms with E-state index in [-0.39, 0.29) is 17.6 Å². The largest absolute Gasteiger partial charge is 0.367 e. The maximum Gasteiger partial charge on any atom is 0.267 e. The Labute approximate surface area is 163 Å². The Morgan fingerprint density at radius 2 is 2.07 bits per heavy atom. The van der Waals surface area contributed by atoms with Crippen molar-refractivity contribution in [1.29, 1.82) is 0 Å². The third-order valence-corrected chi connectivity index (χ3v) is 5.16. The molecule has 1 atom stereocenters. The average Bonchev–Trinajstić information content (AvgIpc) is 3.07. The van der Waals surface area contributed by atoms with Gasteiger partial charge < -0.3 is 10.2 Å². The lowest BCUT2D eigenvalue weighted by Crippen LogP contribution is -2.45. The molecule has 0 aliphatic carbocycles. The van der Waals surface area contributed by atoms with Gasteiger partial charge in [0.1, 0.15) is 18.0 Å². The Balaban J connectivity index is 1.56. The van der Waals surface area contributed by atoms with Crippen LogP contribution in [0, 0.1) is 0 Å². The summed E-state index contributed by atoms with van der Waals surface area (Å²) in [4.78, 5) is 23.0. The van der Waals surface area contributed by atoms with Crippen molar-refractivity contribution in [3.63, 3.8) is 0 Å². The van der Waals surface area contributed by atoms with Gasteiger partial charge in [0.15, 0.2) is 5.65 Å². The SMILES string of the molecule is CC(C)n1nc(N2CCCCC2CNc2ncnc3nn(C)cc23)ccc1=O. The predicted molar refractivity (Wildman–Crippen MR) is 109 cm³/mol. The number of rotatable bonds is 5. The first kappa shape index (κ1) is 18.4. The van der Waals surface area contributed by atoms with E-state index in [0.717, 1.165) is 43.0 Å². The van der Waals surface area contributed by atoms with Crippen LogP contribution in [0.25, 0.3) is 11.0 Å². The quantitative estimate of drug-likeness (QED) is 0.721. The molecule has 0 radical (unpaired) electrons. The highest BCUT2D eigenvalue weighted by Crippen LogP contribution is 2.24. The predicted octanol–water partition coefficient (Wildman–Crippen LogP) is 1.97. The molecule has 4 heterocycles. The van der Waals surface area contributed by atoms with Crippen LogP contribution >= 0.6 is 0 Å². The van der Waals surface area contributed by atoms with E-state index in [2.05, 4.69) is 30.4 Å². The number of aryl methyl sites for hydroxylation is 1. The molecule has 0 bridgehead atoms. The third-order valence-electron chi connectivity index (χ3n) is 5.16. The number of nitrogens with zero attached hydrogens (tertiary/aromatic N) is 7. The molecular formula is C19H26N8O. The first-order valence-electron chi connectivity index (χ1n) is 9.77. The van der Waals surface area contributed by atoms with Crippen molar-refractivity contribution < 1.29 is 0 Å². The minimum Gasteiger partial charge on any atom is -0.367 e. The number of aromatic nitrogens is 6. The molecule has 9 heteroatoms. The summed E-state index contributed by atoms with van der Waals surface area (Å²) in [5.74, 6) is 1.65. The van der Waals surface area contributed by atoms with Crippen LogP contribution in [0.1, 0.15) is 39.2 Å². The number of anilines is 2. The number of hydrogen-bond donors (Lipinski definition) is 1. The summed E-state index contributed by atoms with van der Waals surface area (Å²) < 4.78 is 3.30. The van der Waals surface area contributed by atoms with Crippen molar-refractivity contribution in [3.05, 3.63) is 35.0 Å². The van der Waals surface area contributed by atoms with Gasteiger partial charge in [0.05, 0.1) is 11.4 Å². The lowest BCUT2D eigenvalue weighted by atomic mass is 10.0. The second kappa shape index (κ2) is 7.57. The number of hydrogen-bond acceptors (Lipinski definition) is 7. The zero-order chi connectivity index (χ0) is 19.7. The second-order valence-corrected chi connectivity index (χ2v) is 7.55. The Morgan fingerprint density at radius 3 is 2.89 bits per heavy atom. The molecule has 148 valence electrons. The Morgan fingerprint density at radius 1 is 1.21 bits per heavy atom. The minimum absolute atomic E-state index is 0.0358. The molecule has 1 aliphatic rings. The van der Waals surface area contributed by atoms with Gasteiger partial charge in [0.2, 0.25) is 0 Å². The molecular weight excluding hydrogens is 356 g/mol. The van der Waals surface area contributed by atoms with E-state index in [1.54, 1.807) is 15.4 Å². The van der Waals surface area contributed by atoms with Crippen molar-refractivity contribution in [3.8, 4) is 0 Å². The zero-order valence-corrected chi connectivity index (χ0v) is 16.5. The fraction of sp³-hybridized carbons (Fsp3) is 0.526. The van der Waals surface area contributed by atoms with Crippen LogP contribution < -0.4 is 15.8 Å². The Hall–Kier alpha value is -2.97. The Bertz CT molecular complexity index is 1020. The van der Waals surface area contributed by atoms with Gasteiger partial charge in [-0.3, -0.25) is 9.48 Å². The normalized spacial score (nSPS) is 17.4. The van der Waals surface area contributed by atoms with Gasteiger partial charge in [-0.25, -0.2) is 14.6 Å². The van der Waals surface area contributed by atoms with Gasteiger partial charge in [0, 0.05) is 38.4 Å². The first-order chi connectivity index (χ1) is 13.5. The monoisotopic (exact) mass is 382 g/mol. The molecule has 3 aromatic heterocycles. The van der Waals surface area contributed by atoms with Crippen LogP contribution in [0.15, 0.2) is 29.5 Å². The number of piperidine rings is 1. The lowest BCUT2D eigenvalue weighted by Gasteiger charge is -2.37. The smallest absolute Gasteiger partial charge is 0.267 e. The van der Waals surface area contributed by atoms with Gasteiger partial charge in [-0.2, -0.15) is 10.2 Å². The van der Waals surface area contributed by atoms with Crippen molar-refractivity contribution in [2.45, 2.75) is 45.2 Å². The minimum atomic E-state index is -0.0645. The highest BCUT2D eigenvalue weighted by atomic mass is 16.1. The van der Waals surface area contributed by atoms with E-state index in [0.29, 0.717) is 5.65 Å². The van der Waals surface area contributed by atoms with Gasteiger partial charge in [0.25, 0.3) is 5.56 Å². The van der Waals surface area contributed by atoms with Crippen LogP contribution in [0.5, 0.6) is 0 Å². The standard InChI is InChI=1S/C19H26N8O/c1-13(2)27-17(28)8-7-16(23-27)26-9-5-4-6-14(26)10-20-18-15-11-25(3)24-19(15)22-12-21-18/h7-8,11-14H,4-6,9-10H2,1-3H3,(H,20,21,22,24). The van der Waals surface area contributed by atoms with Gasteiger partial charge in [-0.05, 0) is 39.2 Å². The highest BCUT2D eigenvalue weighted by Gasteiger charge is 2.24. The summed E-state index contributed by atoms with van der Waals surface area (Å²) in [6.45, 7) is 5.62. The molecule has 4 rings (SSSR count). The topological polar surface area (TPSA) is 93.8 Å². The van der Waals surface area contributed by atoms with E-state index in [4.69, 9.17) is 0 Å². The van der Waals surface area contributed by atoms with E-state index < -0.39 is 0 Å². The van der Waals surface area contributed by atoms with Gasteiger partial charge in [-0.1, -0.05) is 0 Å². The number of fused-ring (bicyclic) bond motifs is 1. The molecule has 0 amide bonds. The van der Waals surface area contributed by atoms with E-state index in [1.165, 1.54) is 12.7 Å². The first-order valence-corrected chi connectivity index (χ1v) is 9.77. The van der Waals surface area contributed by atoms with E-state index >= 15 is 0 Å². The maximum atomic E-state index is 12.1. The molecule has 1 N–H and O–H groups in total. The summed E-state index contributed by atoms with van der Waals surface area (Å²) in [6, 6.07) is 3.77. The molecule has 28 heavy (non-hydrogen) atoms. The average molecular weight is 382 g/mol. The van der Waals surface area contributed by atoms with E-state index in [1.807, 2.05) is 33.2 Å². The fourth-order valence-corrected chi connectivity index (χ4v) is 3.76. The lowest BCUT2D eigenvalue weighted by molar-refractivity contribution is 0.451. The summed E-state index contributed by atoms with van der Waals surface area (Å²) in [7, 11) is 1.88. The van der Waals surface area contributed by atoms with Crippen molar-refractivity contribution >= 4 is 22.7 Å². The van der Waals surface area contributed by atoms with Crippen molar-refractivity contribution in [1.82, 2.24) is 29.5 Å². The van der Waals surface area contributed by atoms with Gasteiger partial charge in [-0.15, -0.1) is 0 Å². The van der Waals surface area contributed by atoms with Crippen LogP contribution in [0.4, 0.5) is 11.6 Å². The van der Waals surface area contributed by atoms with Gasteiger partial charge >= 0.3 is 0 Å². The fourth-order valence-electron chi connectivity index (χ4n) is 3.76. The molecule has 1 fully saturated rings. The molecule has 1 unspecified atom stereocenters. The number of nitrogens with one attached hydrogen (secondary N) is 1. The van der Waals surface area contributed by atoms with Crippen molar-refractivity contribution in [2.75, 3.05) is 23.3 Å². The molecule has 1 saturated heterocycles. The molecule has 3 aromatic rings. The van der Waals surface area contributed by atoms with Crippen LogP contribution in [0.2, 0.25) is 0 Å². The summed E-state index contributed by atoms with van der Waals surface area (Å²) in [5, 5.41) is 13.3. The molecule has 9 nitrogen and oxygen atoms in total. The molecule has 0 aromatic carbocycles. The van der Waals surface area contributed by atoms with E-state index in [9.17, 15) is 4.79 Å². The second-order valence-electron chi connectivity index (χ2n) is 7.55. The van der Waals surface area contributed by atoms with Crippen molar-refractivity contribution in [2.24, 2.45) is 7.05 Å². The maximum absolute atomic E-state index is 12.1. The third kappa shape index (κ3) is 3.56. The van der Waals surface area contributed by atoms with Crippen LogP contribution in [-0.4, -0.2) is 48.7 Å². The van der Waals surface area contributed by atoms with Crippen LogP contribution in [-0.2, 0) is 7.05 Å². The summed E-state index contributed by atoms with van der Waals surface area (Å²) in [5.41, 5.74) is 0.622.